The Morgan fingerprint density at radius 2 is 2.11 bits per heavy atom. The zero-order chi connectivity index (χ0) is 6.57. The van der Waals surface area contributed by atoms with Gasteiger partial charge in [0.2, 0.25) is 0 Å². The van der Waals surface area contributed by atoms with Crippen molar-refractivity contribution in [2.45, 2.75) is 25.6 Å². The summed E-state index contributed by atoms with van der Waals surface area (Å²) in [5.74, 6) is 0. The van der Waals surface area contributed by atoms with Crippen LogP contribution in [0.1, 0.15) is 13.3 Å². The average Bonchev–Trinajstić information content (AvgIpc) is 1.84. The van der Waals surface area contributed by atoms with Gasteiger partial charge in [0, 0.05) is 0 Å². The standard InChI is InChI=1S/C5H12FNO.ClH/c1-2-4(6)5(7)3-8;/h4-5,8H,2-3,7H2,1H3;1H/t4-,5+;/m0./s1. The second-order valence-electron chi connectivity index (χ2n) is 1.77. The Hall–Kier alpha value is 0.140. The molecule has 0 aromatic carbocycles. The van der Waals surface area contributed by atoms with Gasteiger partial charge in [-0.25, -0.2) is 4.39 Å². The predicted octanol–water partition coefficient (Wildman–Crippen LogP) is 0.476. The van der Waals surface area contributed by atoms with Gasteiger partial charge < -0.3 is 10.8 Å². The first kappa shape index (κ1) is 11.9. The third-order valence-corrected chi connectivity index (χ3v) is 1.07. The zero-order valence-corrected chi connectivity index (χ0v) is 6.20. The summed E-state index contributed by atoms with van der Waals surface area (Å²) in [5, 5.41) is 8.27. The average molecular weight is 158 g/mol. The third kappa shape index (κ3) is 4.63. The molecule has 0 aliphatic rings. The van der Waals surface area contributed by atoms with Gasteiger partial charge in [0.15, 0.2) is 0 Å². The van der Waals surface area contributed by atoms with E-state index in [1.807, 2.05) is 0 Å². The Labute approximate surface area is 60.7 Å². The van der Waals surface area contributed by atoms with Gasteiger partial charge in [-0.3, -0.25) is 0 Å². The fourth-order valence-corrected chi connectivity index (χ4v) is 0.417. The second kappa shape index (κ2) is 6.26. The van der Waals surface area contributed by atoms with Crippen molar-refractivity contribution in [2.24, 2.45) is 5.73 Å². The van der Waals surface area contributed by atoms with Crippen LogP contribution < -0.4 is 5.73 Å². The number of nitrogens with two attached hydrogens (primary N) is 1. The molecule has 0 aromatic rings. The van der Waals surface area contributed by atoms with E-state index in [-0.39, 0.29) is 19.0 Å². The van der Waals surface area contributed by atoms with Gasteiger partial charge in [-0.05, 0) is 6.42 Å². The van der Waals surface area contributed by atoms with Crippen molar-refractivity contribution in [3.8, 4) is 0 Å². The van der Waals surface area contributed by atoms with Gasteiger partial charge in [-0.2, -0.15) is 0 Å². The molecule has 0 spiro atoms. The second-order valence-corrected chi connectivity index (χ2v) is 1.77. The summed E-state index contributed by atoms with van der Waals surface area (Å²) in [6, 6.07) is -0.694. The van der Waals surface area contributed by atoms with Gasteiger partial charge >= 0.3 is 0 Å². The number of alkyl halides is 1. The quantitative estimate of drug-likeness (QED) is 0.626. The molecule has 58 valence electrons. The number of aliphatic hydroxyl groups is 1. The lowest BCUT2D eigenvalue weighted by Gasteiger charge is -2.10. The van der Waals surface area contributed by atoms with E-state index in [1.165, 1.54) is 0 Å². The first-order valence-electron chi connectivity index (χ1n) is 2.72. The predicted molar refractivity (Wildman–Crippen MR) is 37.5 cm³/mol. The highest BCUT2D eigenvalue weighted by molar-refractivity contribution is 5.85. The van der Waals surface area contributed by atoms with Crippen molar-refractivity contribution in [3.63, 3.8) is 0 Å². The van der Waals surface area contributed by atoms with E-state index in [9.17, 15) is 4.39 Å². The minimum Gasteiger partial charge on any atom is -0.395 e. The molecule has 0 bridgehead atoms. The van der Waals surface area contributed by atoms with E-state index >= 15 is 0 Å². The normalized spacial score (nSPS) is 16.0. The Kier molecular flexibility index (Phi) is 8.27. The van der Waals surface area contributed by atoms with Crippen LogP contribution in [0.25, 0.3) is 0 Å². The Morgan fingerprint density at radius 3 is 2.22 bits per heavy atom. The number of hydrogen-bond donors (Lipinski definition) is 2. The molecule has 0 radical (unpaired) electrons. The van der Waals surface area contributed by atoms with E-state index in [0.29, 0.717) is 6.42 Å². The van der Waals surface area contributed by atoms with Crippen LogP contribution >= 0.6 is 12.4 Å². The lowest BCUT2D eigenvalue weighted by molar-refractivity contribution is 0.185. The van der Waals surface area contributed by atoms with Gasteiger partial charge in [0.1, 0.15) is 6.17 Å². The molecule has 0 amide bonds. The van der Waals surface area contributed by atoms with Gasteiger partial charge in [0.25, 0.3) is 0 Å². The number of hydrogen-bond acceptors (Lipinski definition) is 2. The molecule has 2 nitrogen and oxygen atoms in total. The monoisotopic (exact) mass is 157 g/mol. The van der Waals surface area contributed by atoms with E-state index in [4.69, 9.17) is 10.8 Å². The Bertz CT molecular complexity index is 56.9. The highest BCUT2D eigenvalue weighted by Gasteiger charge is 2.11. The fourth-order valence-electron chi connectivity index (χ4n) is 0.417. The molecule has 0 rings (SSSR count). The largest absolute Gasteiger partial charge is 0.395 e. The molecule has 2 atom stereocenters. The van der Waals surface area contributed by atoms with Gasteiger partial charge in [-0.15, -0.1) is 12.4 Å². The SMILES string of the molecule is CC[C@H](F)[C@H](N)CO.Cl. The van der Waals surface area contributed by atoms with Crippen LogP contribution in [0.15, 0.2) is 0 Å². The molecule has 0 saturated heterocycles. The minimum atomic E-state index is -1.06. The van der Waals surface area contributed by atoms with Crippen molar-refractivity contribution in [2.75, 3.05) is 6.61 Å². The zero-order valence-electron chi connectivity index (χ0n) is 5.38. The fraction of sp³-hybridized carbons (Fsp3) is 1.00. The van der Waals surface area contributed by atoms with Crippen LogP contribution in [0, 0.1) is 0 Å². The summed E-state index contributed by atoms with van der Waals surface area (Å²) in [5.41, 5.74) is 5.10. The lowest BCUT2D eigenvalue weighted by atomic mass is 10.2. The maximum Gasteiger partial charge on any atom is 0.117 e. The van der Waals surface area contributed by atoms with E-state index in [1.54, 1.807) is 6.92 Å². The van der Waals surface area contributed by atoms with Crippen molar-refractivity contribution >= 4 is 12.4 Å². The minimum absolute atomic E-state index is 0. The molecule has 0 saturated carbocycles. The first-order valence-corrected chi connectivity index (χ1v) is 2.72. The van der Waals surface area contributed by atoms with Crippen LogP contribution in [0.4, 0.5) is 4.39 Å². The topological polar surface area (TPSA) is 46.2 Å². The van der Waals surface area contributed by atoms with Crippen LogP contribution in [-0.4, -0.2) is 23.9 Å². The molecule has 3 N–H and O–H groups in total. The van der Waals surface area contributed by atoms with Gasteiger partial charge in [-0.1, -0.05) is 6.92 Å². The summed E-state index contributed by atoms with van der Waals surface area (Å²) in [6.07, 6.45) is -0.679. The molecule has 4 heteroatoms. The molecule has 0 fully saturated rings. The van der Waals surface area contributed by atoms with Crippen LogP contribution in [0.3, 0.4) is 0 Å². The molecule has 0 aliphatic heterocycles. The molecule has 0 heterocycles. The summed E-state index contributed by atoms with van der Waals surface area (Å²) in [4.78, 5) is 0. The van der Waals surface area contributed by atoms with E-state index < -0.39 is 12.2 Å². The number of rotatable bonds is 3. The summed E-state index contributed by atoms with van der Waals surface area (Å²) in [6.45, 7) is 1.43. The highest BCUT2D eigenvalue weighted by Crippen LogP contribution is 1.99. The summed E-state index contributed by atoms with van der Waals surface area (Å²) < 4.78 is 12.2. The Morgan fingerprint density at radius 1 is 1.67 bits per heavy atom. The number of aliphatic hydroxyl groups excluding tert-OH is 1. The Balaban J connectivity index is 0. The molecule has 0 unspecified atom stereocenters. The smallest absolute Gasteiger partial charge is 0.117 e. The summed E-state index contributed by atoms with van der Waals surface area (Å²) in [7, 11) is 0. The van der Waals surface area contributed by atoms with Crippen LogP contribution in [0.5, 0.6) is 0 Å². The van der Waals surface area contributed by atoms with Crippen molar-refractivity contribution in [1.82, 2.24) is 0 Å². The molecule has 9 heavy (non-hydrogen) atoms. The van der Waals surface area contributed by atoms with Crippen LogP contribution in [-0.2, 0) is 0 Å². The highest BCUT2D eigenvalue weighted by atomic mass is 35.5. The third-order valence-electron chi connectivity index (χ3n) is 1.07. The number of halogens is 2. The van der Waals surface area contributed by atoms with Crippen molar-refractivity contribution in [3.05, 3.63) is 0 Å². The molecular formula is C5H13ClFNO. The molecular weight excluding hydrogens is 145 g/mol. The lowest BCUT2D eigenvalue weighted by Crippen LogP contribution is -2.34. The van der Waals surface area contributed by atoms with Crippen LogP contribution in [0.2, 0.25) is 0 Å². The molecule has 0 aliphatic carbocycles. The molecule has 0 aromatic heterocycles. The first-order chi connectivity index (χ1) is 3.72. The maximum absolute atomic E-state index is 12.2. The van der Waals surface area contributed by atoms with E-state index in [0.717, 1.165) is 0 Å². The van der Waals surface area contributed by atoms with E-state index in [2.05, 4.69) is 0 Å². The summed E-state index contributed by atoms with van der Waals surface area (Å²) >= 11 is 0. The van der Waals surface area contributed by atoms with Crippen molar-refractivity contribution < 1.29 is 9.50 Å². The van der Waals surface area contributed by atoms with Crippen molar-refractivity contribution in [1.29, 1.82) is 0 Å². The van der Waals surface area contributed by atoms with Gasteiger partial charge in [0.05, 0.1) is 12.6 Å². The maximum atomic E-state index is 12.2.